The van der Waals surface area contributed by atoms with Crippen molar-refractivity contribution in [2.75, 3.05) is 26.8 Å². The molecule has 1 aliphatic heterocycles. The fourth-order valence-corrected chi connectivity index (χ4v) is 2.74. The largest absolute Gasteiger partial charge is 0.469 e. The van der Waals surface area contributed by atoms with E-state index in [-0.39, 0.29) is 12.1 Å². The van der Waals surface area contributed by atoms with Crippen LogP contribution in [0.5, 0.6) is 0 Å². The molecule has 4 heteroatoms. The number of methoxy groups -OCH3 is 1. The molecule has 0 aliphatic carbocycles. The highest BCUT2D eigenvalue weighted by Gasteiger charge is 2.23. The second-order valence-corrected chi connectivity index (χ2v) is 5.50. The minimum absolute atomic E-state index is 0.0536. The van der Waals surface area contributed by atoms with E-state index in [1.54, 1.807) is 0 Å². The zero-order valence-corrected chi connectivity index (χ0v) is 12.5. The normalized spacial score (nSPS) is 19.9. The van der Waals surface area contributed by atoms with Crippen molar-refractivity contribution in [3.63, 3.8) is 0 Å². The molecule has 0 bridgehead atoms. The van der Waals surface area contributed by atoms with Crippen LogP contribution >= 0.6 is 0 Å². The number of carbonyl (C=O) groups is 1. The van der Waals surface area contributed by atoms with Gasteiger partial charge in [-0.25, -0.2) is 0 Å². The molecule has 1 aromatic rings. The van der Waals surface area contributed by atoms with Gasteiger partial charge in [0, 0.05) is 19.6 Å². The number of rotatable bonds is 4. The van der Waals surface area contributed by atoms with E-state index < -0.39 is 0 Å². The van der Waals surface area contributed by atoms with Crippen LogP contribution in [0.3, 0.4) is 0 Å². The van der Waals surface area contributed by atoms with Gasteiger partial charge in [0.25, 0.3) is 0 Å². The zero-order valence-electron chi connectivity index (χ0n) is 12.5. The monoisotopic (exact) mass is 277 g/mol. The van der Waals surface area contributed by atoms with Gasteiger partial charge >= 0.3 is 5.97 Å². The van der Waals surface area contributed by atoms with E-state index in [4.69, 9.17) is 9.47 Å². The number of aryl methyl sites for hydroxylation is 2. The lowest BCUT2D eigenvalue weighted by Crippen LogP contribution is -2.42. The van der Waals surface area contributed by atoms with Crippen molar-refractivity contribution >= 4 is 5.97 Å². The van der Waals surface area contributed by atoms with Crippen molar-refractivity contribution in [3.8, 4) is 0 Å². The first-order valence-corrected chi connectivity index (χ1v) is 7.05. The van der Waals surface area contributed by atoms with Crippen molar-refractivity contribution in [2.45, 2.75) is 32.9 Å². The lowest BCUT2D eigenvalue weighted by molar-refractivity contribution is -0.145. The van der Waals surface area contributed by atoms with Gasteiger partial charge in [0.05, 0.1) is 26.2 Å². The number of ether oxygens (including phenoxy) is 2. The Bertz CT molecular complexity index is 453. The third-order valence-electron chi connectivity index (χ3n) is 3.53. The Morgan fingerprint density at radius 1 is 1.35 bits per heavy atom. The molecule has 1 fully saturated rings. The molecule has 2 rings (SSSR count). The summed E-state index contributed by atoms with van der Waals surface area (Å²) in [6, 6.07) is 6.62. The van der Waals surface area contributed by atoms with Gasteiger partial charge < -0.3 is 9.47 Å². The predicted molar refractivity (Wildman–Crippen MR) is 77.6 cm³/mol. The summed E-state index contributed by atoms with van der Waals surface area (Å²) in [7, 11) is 1.42. The summed E-state index contributed by atoms with van der Waals surface area (Å²) in [4.78, 5) is 13.7. The number of morpholine rings is 1. The zero-order chi connectivity index (χ0) is 14.5. The lowest BCUT2D eigenvalue weighted by Gasteiger charge is -2.32. The smallest absolute Gasteiger partial charge is 0.308 e. The Morgan fingerprint density at radius 2 is 2.05 bits per heavy atom. The highest BCUT2D eigenvalue weighted by atomic mass is 16.5. The quantitative estimate of drug-likeness (QED) is 0.790. The van der Waals surface area contributed by atoms with E-state index in [1.807, 2.05) is 0 Å². The number of esters is 1. The second kappa shape index (κ2) is 6.86. The highest BCUT2D eigenvalue weighted by Crippen LogP contribution is 2.15. The summed E-state index contributed by atoms with van der Waals surface area (Å²) in [5.41, 5.74) is 3.90. The second-order valence-electron chi connectivity index (χ2n) is 5.50. The molecular formula is C16H23NO3. The maximum absolute atomic E-state index is 11.3. The molecule has 1 heterocycles. The molecule has 0 radical (unpaired) electrons. The Hall–Kier alpha value is -1.39. The summed E-state index contributed by atoms with van der Waals surface area (Å²) in [6.45, 7) is 7.51. The van der Waals surface area contributed by atoms with Gasteiger partial charge in [-0.05, 0) is 19.4 Å². The van der Waals surface area contributed by atoms with Gasteiger partial charge in [-0.1, -0.05) is 29.3 Å². The summed E-state index contributed by atoms with van der Waals surface area (Å²) < 4.78 is 10.3. The van der Waals surface area contributed by atoms with Crippen LogP contribution in [0.2, 0.25) is 0 Å². The lowest BCUT2D eigenvalue weighted by atomic mass is 10.1. The van der Waals surface area contributed by atoms with Gasteiger partial charge in [-0.2, -0.15) is 0 Å². The molecular weight excluding hydrogens is 254 g/mol. The minimum Gasteiger partial charge on any atom is -0.469 e. The van der Waals surface area contributed by atoms with Crippen LogP contribution in [-0.2, 0) is 20.8 Å². The molecule has 110 valence electrons. The van der Waals surface area contributed by atoms with Crippen molar-refractivity contribution in [3.05, 3.63) is 34.9 Å². The molecule has 0 spiro atoms. The molecule has 0 N–H and O–H groups in total. The summed E-state index contributed by atoms with van der Waals surface area (Å²) >= 11 is 0. The van der Waals surface area contributed by atoms with Crippen LogP contribution in [0.25, 0.3) is 0 Å². The molecule has 1 unspecified atom stereocenters. The molecule has 0 aromatic heterocycles. The van der Waals surface area contributed by atoms with Crippen LogP contribution in [-0.4, -0.2) is 43.8 Å². The molecule has 0 saturated carbocycles. The van der Waals surface area contributed by atoms with E-state index in [9.17, 15) is 4.79 Å². The topological polar surface area (TPSA) is 38.8 Å². The van der Waals surface area contributed by atoms with E-state index >= 15 is 0 Å². The Kier molecular flexibility index (Phi) is 5.15. The fourth-order valence-electron chi connectivity index (χ4n) is 2.74. The van der Waals surface area contributed by atoms with Crippen molar-refractivity contribution in [2.24, 2.45) is 0 Å². The standard InChI is InChI=1S/C16H23NO3/c1-12-6-13(2)8-14(7-12)10-17-4-5-20-15(11-17)9-16(18)19-3/h6-8,15H,4-5,9-11H2,1-3H3. The third-order valence-corrected chi connectivity index (χ3v) is 3.53. The maximum Gasteiger partial charge on any atom is 0.308 e. The number of hydrogen-bond acceptors (Lipinski definition) is 4. The van der Waals surface area contributed by atoms with E-state index in [0.29, 0.717) is 13.0 Å². The number of hydrogen-bond donors (Lipinski definition) is 0. The van der Waals surface area contributed by atoms with Gasteiger partial charge in [0.1, 0.15) is 0 Å². The maximum atomic E-state index is 11.3. The number of carbonyl (C=O) groups excluding carboxylic acids is 1. The van der Waals surface area contributed by atoms with E-state index in [2.05, 4.69) is 36.9 Å². The van der Waals surface area contributed by atoms with E-state index in [0.717, 1.165) is 19.6 Å². The molecule has 1 saturated heterocycles. The molecule has 1 aromatic carbocycles. The Labute approximate surface area is 120 Å². The number of nitrogens with zero attached hydrogens (tertiary/aromatic N) is 1. The van der Waals surface area contributed by atoms with Gasteiger partial charge in [-0.3, -0.25) is 9.69 Å². The van der Waals surface area contributed by atoms with Crippen molar-refractivity contribution in [1.29, 1.82) is 0 Å². The summed E-state index contributed by atoms with van der Waals surface area (Å²) in [6.07, 6.45) is 0.280. The first kappa shape index (κ1) is 15.0. The molecule has 1 aliphatic rings. The predicted octanol–water partition coefficient (Wildman–Crippen LogP) is 2.07. The fraction of sp³-hybridized carbons (Fsp3) is 0.562. The van der Waals surface area contributed by atoms with Crippen LogP contribution < -0.4 is 0 Å². The molecule has 20 heavy (non-hydrogen) atoms. The Balaban J connectivity index is 1.93. The van der Waals surface area contributed by atoms with E-state index in [1.165, 1.54) is 23.8 Å². The summed E-state index contributed by atoms with van der Waals surface area (Å²) in [5, 5.41) is 0. The van der Waals surface area contributed by atoms with Crippen LogP contribution in [0, 0.1) is 13.8 Å². The summed E-state index contributed by atoms with van der Waals surface area (Å²) in [5.74, 6) is -0.205. The molecule has 0 amide bonds. The minimum atomic E-state index is -0.205. The highest BCUT2D eigenvalue weighted by molar-refractivity contribution is 5.69. The van der Waals surface area contributed by atoms with Gasteiger partial charge in [0.2, 0.25) is 0 Å². The van der Waals surface area contributed by atoms with Gasteiger partial charge in [0.15, 0.2) is 0 Å². The van der Waals surface area contributed by atoms with Crippen molar-refractivity contribution in [1.82, 2.24) is 4.90 Å². The van der Waals surface area contributed by atoms with Crippen LogP contribution in [0.15, 0.2) is 18.2 Å². The molecule has 4 nitrogen and oxygen atoms in total. The molecule has 1 atom stereocenters. The van der Waals surface area contributed by atoms with Crippen LogP contribution in [0.1, 0.15) is 23.1 Å². The number of benzene rings is 1. The Morgan fingerprint density at radius 3 is 2.70 bits per heavy atom. The first-order chi connectivity index (χ1) is 9.56. The average Bonchev–Trinajstić information content (AvgIpc) is 2.37. The first-order valence-electron chi connectivity index (χ1n) is 7.05. The van der Waals surface area contributed by atoms with Gasteiger partial charge in [-0.15, -0.1) is 0 Å². The average molecular weight is 277 g/mol. The van der Waals surface area contributed by atoms with Crippen LogP contribution in [0.4, 0.5) is 0 Å². The third kappa shape index (κ3) is 4.32. The van der Waals surface area contributed by atoms with Crippen molar-refractivity contribution < 1.29 is 14.3 Å². The SMILES string of the molecule is COC(=O)CC1CN(Cc2cc(C)cc(C)c2)CCO1.